The molecule has 2 aromatic rings. The second kappa shape index (κ2) is 8.84. The predicted molar refractivity (Wildman–Crippen MR) is 109 cm³/mol. The van der Waals surface area contributed by atoms with E-state index < -0.39 is 35.2 Å². The van der Waals surface area contributed by atoms with Crippen LogP contribution in [0.2, 0.25) is 0 Å². The van der Waals surface area contributed by atoms with Crippen LogP contribution in [0.5, 0.6) is 11.8 Å². The van der Waals surface area contributed by atoms with Crippen molar-refractivity contribution >= 4 is 12.2 Å². The molecule has 1 aromatic heterocycles. The van der Waals surface area contributed by atoms with E-state index in [1.165, 1.54) is 24.0 Å². The first-order valence-corrected chi connectivity index (χ1v) is 9.66. The van der Waals surface area contributed by atoms with Gasteiger partial charge in [0.2, 0.25) is 11.8 Å². The summed E-state index contributed by atoms with van der Waals surface area (Å²) >= 11 is 0. The van der Waals surface area contributed by atoms with Crippen LogP contribution >= 0.6 is 0 Å². The smallest absolute Gasteiger partial charge is 0.417 e. The zero-order valence-corrected chi connectivity index (χ0v) is 17.1. The van der Waals surface area contributed by atoms with Gasteiger partial charge in [0.05, 0.1) is 22.9 Å². The lowest BCUT2D eigenvalue weighted by Crippen LogP contribution is -2.48. The van der Waals surface area contributed by atoms with Crippen molar-refractivity contribution in [2.45, 2.75) is 13.1 Å². The Morgan fingerprint density at radius 3 is 2.41 bits per heavy atom. The molecule has 170 valence electrons. The highest BCUT2D eigenvalue weighted by Crippen LogP contribution is 2.39. The summed E-state index contributed by atoms with van der Waals surface area (Å²) in [4.78, 5) is 14.3. The van der Waals surface area contributed by atoms with E-state index in [1.807, 2.05) is 4.90 Å². The fourth-order valence-corrected chi connectivity index (χ4v) is 3.57. The van der Waals surface area contributed by atoms with Crippen molar-refractivity contribution in [3.8, 4) is 23.5 Å². The number of halogens is 3. The summed E-state index contributed by atoms with van der Waals surface area (Å²) < 4.78 is 40.8. The van der Waals surface area contributed by atoms with Gasteiger partial charge < -0.3 is 20.2 Å². The van der Waals surface area contributed by atoms with Crippen molar-refractivity contribution in [1.82, 2.24) is 14.4 Å². The number of hydrogen-bond donors (Lipinski definition) is 3. The third-order valence-corrected chi connectivity index (χ3v) is 5.38. The second-order valence-corrected chi connectivity index (χ2v) is 7.33. The van der Waals surface area contributed by atoms with Crippen molar-refractivity contribution < 1.29 is 33.3 Å². The van der Waals surface area contributed by atoms with E-state index in [1.54, 1.807) is 12.2 Å². The lowest BCUT2D eigenvalue weighted by Gasteiger charge is -2.32. The molecule has 0 saturated carbocycles. The molecule has 1 aliphatic rings. The van der Waals surface area contributed by atoms with E-state index >= 15 is 0 Å². The molecule has 0 unspecified atom stereocenters. The van der Waals surface area contributed by atoms with E-state index in [2.05, 4.69) is 0 Å². The van der Waals surface area contributed by atoms with Crippen molar-refractivity contribution in [1.29, 1.82) is 5.26 Å². The van der Waals surface area contributed by atoms with Gasteiger partial charge in [0.1, 0.15) is 0 Å². The molecule has 3 rings (SSSR count). The quantitative estimate of drug-likeness (QED) is 0.658. The molecule has 1 aromatic carbocycles. The van der Waals surface area contributed by atoms with Crippen LogP contribution in [0.3, 0.4) is 0 Å². The van der Waals surface area contributed by atoms with Crippen molar-refractivity contribution in [2.24, 2.45) is 0 Å². The first-order valence-electron chi connectivity index (χ1n) is 9.66. The number of carbonyl (C=O) groups is 1. The number of rotatable bonds is 4. The van der Waals surface area contributed by atoms with Crippen LogP contribution in [0.4, 0.5) is 18.0 Å². The molecule has 0 radical (unpaired) electrons. The first-order chi connectivity index (χ1) is 15.0. The summed E-state index contributed by atoms with van der Waals surface area (Å²) in [6.07, 6.45) is -2.46. The number of hydrogen-bond acceptors (Lipinski definition) is 5. The Bertz CT molecular complexity index is 1090. The Balaban J connectivity index is 1.85. The number of nitrogens with zero attached hydrogens (tertiary/aromatic N) is 4. The van der Waals surface area contributed by atoms with Gasteiger partial charge in [0.15, 0.2) is 0 Å². The SMILES string of the molecule is Cc1c(C=CCN2CCN(C(=O)O)CC2)c(O)n(-c2ccc(C#N)c(C(F)(F)F)c2)c1O. The molecule has 8 nitrogen and oxygen atoms in total. The average molecular weight is 450 g/mol. The highest BCUT2D eigenvalue weighted by Gasteiger charge is 2.34. The molecule has 0 aliphatic carbocycles. The van der Waals surface area contributed by atoms with Crippen LogP contribution in [-0.4, -0.2) is 68.5 Å². The average Bonchev–Trinajstić information content (AvgIpc) is 2.96. The van der Waals surface area contributed by atoms with Crippen LogP contribution in [0.25, 0.3) is 11.8 Å². The molecule has 0 spiro atoms. The summed E-state index contributed by atoms with van der Waals surface area (Å²) in [5.41, 5.74) is -1.36. The summed E-state index contributed by atoms with van der Waals surface area (Å²) in [6.45, 7) is 3.83. The third-order valence-electron chi connectivity index (χ3n) is 5.38. The summed E-state index contributed by atoms with van der Waals surface area (Å²) in [6, 6.07) is 4.39. The Morgan fingerprint density at radius 1 is 1.19 bits per heavy atom. The van der Waals surface area contributed by atoms with Gasteiger partial charge in [0, 0.05) is 43.9 Å². The summed E-state index contributed by atoms with van der Waals surface area (Å²) in [7, 11) is 0. The Labute approximate surface area is 181 Å². The Hall–Kier alpha value is -3.65. The van der Waals surface area contributed by atoms with Crippen molar-refractivity contribution in [3.05, 3.63) is 46.5 Å². The Kier molecular flexibility index (Phi) is 6.36. The number of benzene rings is 1. The molecule has 11 heteroatoms. The summed E-state index contributed by atoms with van der Waals surface area (Å²) in [5, 5.41) is 39.0. The fourth-order valence-electron chi connectivity index (χ4n) is 3.57. The number of alkyl halides is 3. The zero-order chi connectivity index (χ0) is 23.6. The molecule has 3 N–H and O–H groups in total. The minimum atomic E-state index is -4.78. The second-order valence-electron chi connectivity index (χ2n) is 7.33. The molecule has 1 saturated heterocycles. The minimum absolute atomic E-state index is 0.140. The normalized spacial score (nSPS) is 15.3. The molecule has 0 atom stereocenters. The van der Waals surface area contributed by atoms with Gasteiger partial charge in [-0.1, -0.05) is 12.2 Å². The number of carboxylic acid groups (broad SMARTS) is 1. The van der Waals surface area contributed by atoms with Crippen LogP contribution in [0.15, 0.2) is 24.3 Å². The molecular weight excluding hydrogens is 429 g/mol. The summed E-state index contributed by atoms with van der Waals surface area (Å²) in [5.74, 6) is -0.861. The maximum absolute atomic E-state index is 13.3. The predicted octanol–water partition coefficient (Wildman–Crippen LogP) is 3.40. The van der Waals surface area contributed by atoms with Gasteiger partial charge in [-0.15, -0.1) is 0 Å². The molecule has 0 bridgehead atoms. The molecule has 1 fully saturated rings. The minimum Gasteiger partial charge on any atom is -0.494 e. The van der Waals surface area contributed by atoms with Crippen LogP contribution in [-0.2, 0) is 6.18 Å². The monoisotopic (exact) mass is 450 g/mol. The number of piperazine rings is 1. The fraction of sp³-hybridized carbons (Fsp3) is 0.333. The van der Waals surface area contributed by atoms with E-state index in [4.69, 9.17) is 10.4 Å². The van der Waals surface area contributed by atoms with Crippen LogP contribution < -0.4 is 0 Å². The van der Waals surface area contributed by atoms with Gasteiger partial charge in [-0.05, 0) is 25.1 Å². The van der Waals surface area contributed by atoms with E-state index in [-0.39, 0.29) is 16.8 Å². The van der Waals surface area contributed by atoms with Gasteiger partial charge in [-0.3, -0.25) is 9.47 Å². The van der Waals surface area contributed by atoms with E-state index in [0.29, 0.717) is 38.8 Å². The number of aromatic nitrogens is 1. The molecule has 1 aliphatic heterocycles. The standard InChI is InChI=1S/C21H21F3N4O4/c1-13-16(3-2-6-26-7-9-27(10-8-26)20(31)32)19(30)28(18(13)29)15-5-4-14(12-25)17(11-15)21(22,23)24/h2-5,11,29-30H,6-10H2,1H3,(H,31,32). The maximum atomic E-state index is 13.3. The molecular formula is C21H21F3N4O4. The van der Waals surface area contributed by atoms with Gasteiger partial charge in [-0.25, -0.2) is 4.79 Å². The first kappa shape index (κ1) is 23.0. The number of aromatic hydroxyl groups is 2. The van der Waals surface area contributed by atoms with Gasteiger partial charge >= 0.3 is 12.3 Å². The largest absolute Gasteiger partial charge is 0.494 e. The topological polar surface area (TPSA) is 113 Å². The highest BCUT2D eigenvalue weighted by atomic mass is 19.4. The lowest BCUT2D eigenvalue weighted by atomic mass is 10.1. The van der Waals surface area contributed by atoms with E-state index in [0.717, 1.165) is 10.6 Å². The number of nitriles is 1. The number of amides is 1. The van der Waals surface area contributed by atoms with Crippen LogP contribution in [0.1, 0.15) is 22.3 Å². The van der Waals surface area contributed by atoms with Gasteiger partial charge in [-0.2, -0.15) is 18.4 Å². The molecule has 2 heterocycles. The lowest BCUT2D eigenvalue weighted by molar-refractivity contribution is -0.137. The van der Waals surface area contributed by atoms with E-state index in [9.17, 15) is 28.2 Å². The van der Waals surface area contributed by atoms with Crippen molar-refractivity contribution in [2.75, 3.05) is 32.7 Å². The molecule has 32 heavy (non-hydrogen) atoms. The highest BCUT2D eigenvalue weighted by molar-refractivity contribution is 5.66. The molecule has 1 amide bonds. The van der Waals surface area contributed by atoms with Crippen LogP contribution in [0, 0.1) is 18.3 Å². The Morgan fingerprint density at radius 2 is 1.84 bits per heavy atom. The van der Waals surface area contributed by atoms with Crippen molar-refractivity contribution in [3.63, 3.8) is 0 Å². The van der Waals surface area contributed by atoms with Gasteiger partial charge in [0.25, 0.3) is 0 Å². The third kappa shape index (κ3) is 4.50. The zero-order valence-electron chi connectivity index (χ0n) is 17.1. The maximum Gasteiger partial charge on any atom is 0.417 e.